The topological polar surface area (TPSA) is 55.1 Å². The van der Waals surface area contributed by atoms with Gasteiger partial charge < -0.3 is 9.84 Å². The number of hydrogen-bond acceptors (Lipinski definition) is 3. The third-order valence-electron chi connectivity index (χ3n) is 3.60. The lowest BCUT2D eigenvalue weighted by Crippen LogP contribution is -2.37. The van der Waals surface area contributed by atoms with E-state index in [1.54, 1.807) is 6.07 Å². The second-order valence-corrected chi connectivity index (χ2v) is 5.04. The summed E-state index contributed by atoms with van der Waals surface area (Å²) in [5.74, 6) is 1.68. The van der Waals surface area contributed by atoms with Gasteiger partial charge in [0.1, 0.15) is 5.76 Å². The highest BCUT2D eigenvalue weighted by molar-refractivity contribution is 5.92. The fraction of sp³-hybridized carbons (Fsp3) is 0.692. The maximum atomic E-state index is 11.9. The molecule has 0 bridgehead atoms. The molecule has 1 aliphatic rings. The Morgan fingerprint density at radius 1 is 1.59 bits per heavy atom. The zero-order valence-electron chi connectivity index (χ0n) is 10.7. The Hall–Kier alpha value is -1.32. The lowest BCUT2D eigenvalue weighted by Gasteiger charge is -2.18. The van der Waals surface area contributed by atoms with Crippen molar-refractivity contribution in [2.75, 3.05) is 0 Å². The average Bonchev–Trinajstić information content (AvgIpc) is 3.05. The molecule has 4 heteroatoms. The second kappa shape index (κ2) is 4.90. The number of amides is 1. The third-order valence-corrected chi connectivity index (χ3v) is 3.60. The van der Waals surface area contributed by atoms with Crippen LogP contribution in [-0.2, 0) is 0 Å². The van der Waals surface area contributed by atoms with Crippen LogP contribution in [0.3, 0.4) is 0 Å². The summed E-state index contributed by atoms with van der Waals surface area (Å²) in [6, 6.07) is 1.93. The summed E-state index contributed by atoms with van der Waals surface area (Å²) in [7, 11) is 0. The molecule has 1 fully saturated rings. The fourth-order valence-corrected chi connectivity index (χ4v) is 1.73. The molecule has 1 aromatic heterocycles. The molecular formula is C13H20N2O2. The van der Waals surface area contributed by atoms with Gasteiger partial charge in [0.25, 0.3) is 5.91 Å². The molecule has 94 valence electrons. The predicted molar refractivity (Wildman–Crippen MR) is 64.9 cm³/mol. The highest BCUT2D eigenvalue weighted by atomic mass is 16.5. The summed E-state index contributed by atoms with van der Waals surface area (Å²) < 4.78 is 5.17. The first-order valence-electron chi connectivity index (χ1n) is 6.39. The average molecular weight is 236 g/mol. The SMILES string of the molecule is CC[C@@H](C)[C@H](C)NC(=O)c1cc(C2CC2)on1. The number of nitrogens with zero attached hydrogens (tertiary/aromatic N) is 1. The van der Waals surface area contributed by atoms with Gasteiger partial charge in [0.15, 0.2) is 5.69 Å². The minimum absolute atomic E-state index is 0.131. The van der Waals surface area contributed by atoms with Crippen molar-refractivity contribution in [3.8, 4) is 0 Å². The van der Waals surface area contributed by atoms with Crippen LogP contribution in [0.15, 0.2) is 10.6 Å². The molecule has 0 aromatic carbocycles. The molecule has 1 aromatic rings. The molecule has 4 nitrogen and oxygen atoms in total. The molecule has 2 rings (SSSR count). The largest absolute Gasteiger partial charge is 0.360 e. The maximum absolute atomic E-state index is 11.9. The minimum Gasteiger partial charge on any atom is -0.360 e. The van der Waals surface area contributed by atoms with E-state index >= 15 is 0 Å². The molecule has 0 radical (unpaired) electrons. The van der Waals surface area contributed by atoms with Crippen LogP contribution in [0.5, 0.6) is 0 Å². The van der Waals surface area contributed by atoms with Crippen molar-refractivity contribution in [1.82, 2.24) is 10.5 Å². The van der Waals surface area contributed by atoms with Crippen LogP contribution in [0.25, 0.3) is 0 Å². The van der Waals surface area contributed by atoms with E-state index < -0.39 is 0 Å². The first-order chi connectivity index (χ1) is 8.11. The van der Waals surface area contributed by atoms with Crippen molar-refractivity contribution < 1.29 is 9.32 Å². The van der Waals surface area contributed by atoms with E-state index in [-0.39, 0.29) is 11.9 Å². The molecule has 1 heterocycles. The van der Waals surface area contributed by atoms with Gasteiger partial charge in [-0.3, -0.25) is 4.79 Å². The van der Waals surface area contributed by atoms with E-state index in [2.05, 4.69) is 24.3 Å². The van der Waals surface area contributed by atoms with Crippen molar-refractivity contribution in [3.63, 3.8) is 0 Å². The monoisotopic (exact) mass is 236 g/mol. The molecule has 1 saturated carbocycles. The number of nitrogens with one attached hydrogen (secondary N) is 1. The van der Waals surface area contributed by atoms with E-state index in [0.29, 0.717) is 17.5 Å². The lowest BCUT2D eigenvalue weighted by atomic mass is 10.0. The smallest absolute Gasteiger partial charge is 0.273 e. The normalized spacial score (nSPS) is 18.8. The maximum Gasteiger partial charge on any atom is 0.273 e. The minimum atomic E-state index is -0.131. The molecule has 1 aliphatic carbocycles. The van der Waals surface area contributed by atoms with Gasteiger partial charge in [0, 0.05) is 18.0 Å². The predicted octanol–water partition coefficient (Wildman–Crippen LogP) is 2.72. The van der Waals surface area contributed by atoms with Crippen LogP contribution in [0.1, 0.15) is 62.2 Å². The molecule has 1 amide bonds. The van der Waals surface area contributed by atoms with Crippen molar-refractivity contribution in [2.45, 2.75) is 52.0 Å². The molecule has 0 unspecified atom stereocenters. The summed E-state index contributed by atoms with van der Waals surface area (Å²) in [6.07, 6.45) is 3.35. The Kier molecular flexibility index (Phi) is 3.50. The fourth-order valence-electron chi connectivity index (χ4n) is 1.73. The Bertz CT molecular complexity index is 396. The summed E-state index contributed by atoms with van der Waals surface area (Å²) in [6.45, 7) is 6.27. The highest BCUT2D eigenvalue weighted by Gasteiger charge is 2.29. The lowest BCUT2D eigenvalue weighted by molar-refractivity contribution is 0.0919. The number of carbonyl (C=O) groups is 1. The molecule has 0 spiro atoms. The van der Waals surface area contributed by atoms with Gasteiger partial charge >= 0.3 is 0 Å². The van der Waals surface area contributed by atoms with Crippen molar-refractivity contribution in [2.24, 2.45) is 5.92 Å². The summed E-state index contributed by atoms with van der Waals surface area (Å²) in [5.41, 5.74) is 0.405. The number of carbonyl (C=O) groups excluding carboxylic acids is 1. The van der Waals surface area contributed by atoms with E-state index in [9.17, 15) is 4.79 Å². The first-order valence-corrected chi connectivity index (χ1v) is 6.39. The molecule has 0 aliphatic heterocycles. The zero-order valence-corrected chi connectivity index (χ0v) is 10.7. The van der Waals surface area contributed by atoms with Gasteiger partial charge in [-0.05, 0) is 25.7 Å². The standard InChI is InChI=1S/C13H20N2O2/c1-4-8(2)9(3)14-13(16)11-7-12(17-15-11)10-5-6-10/h7-10H,4-6H2,1-3H3,(H,14,16)/t8-,9+/m1/s1. The van der Waals surface area contributed by atoms with Gasteiger partial charge in [-0.25, -0.2) is 0 Å². The van der Waals surface area contributed by atoms with E-state index in [1.807, 2.05) is 6.92 Å². The Labute approximate surface area is 102 Å². The molecule has 17 heavy (non-hydrogen) atoms. The number of rotatable bonds is 5. The molecular weight excluding hydrogens is 216 g/mol. The highest BCUT2D eigenvalue weighted by Crippen LogP contribution is 2.40. The third kappa shape index (κ3) is 2.87. The second-order valence-electron chi connectivity index (χ2n) is 5.04. The van der Waals surface area contributed by atoms with Gasteiger partial charge in [-0.15, -0.1) is 0 Å². The van der Waals surface area contributed by atoms with Crippen LogP contribution in [-0.4, -0.2) is 17.1 Å². The van der Waals surface area contributed by atoms with Crippen molar-refractivity contribution in [3.05, 3.63) is 17.5 Å². The van der Waals surface area contributed by atoms with Crippen LogP contribution in [0.4, 0.5) is 0 Å². The van der Waals surface area contributed by atoms with Crippen LogP contribution < -0.4 is 5.32 Å². The van der Waals surface area contributed by atoms with Gasteiger partial charge in [0.05, 0.1) is 0 Å². The molecule has 0 saturated heterocycles. The first kappa shape index (κ1) is 12.1. The zero-order chi connectivity index (χ0) is 12.4. The van der Waals surface area contributed by atoms with Gasteiger partial charge in [-0.1, -0.05) is 25.4 Å². The summed E-state index contributed by atoms with van der Waals surface area (Å²) in [5, 5.41) is 6.79. The van der Waals surface area contributed by atoms with E-state index in [0.717, 1.165) is 25.0 Å². The quantitative estimate of drug-likeness (QED) is 0.855. The van der Waals surface area contributed by atoms with Crippen molar-refractivity contribution >= 4 is 5.91 Å². The van der Waals surface area contributed by atoms with Gasteiger partial charge in [0.2, 0.25) is 0 Å². The van der Waals surface area contributed by atoms with Crippen LogP contribution in [0, 0.1) is 5.92 Å². The van der Waals surface area contributed by atoms with Crippen molar-refractivity contribution in [1.29, 1.82) is 0 Å². The van der Waals surface area contributed by atoms with E-state index in [4.69, 9.17) is 4.52 Å². The van der Waals surface area contributed by atoms with E-state index in [1.165, 1.54) is 0 Å². The number of aromatic nitrogens is 1. The Balaban J connectivity index is 1.94. The van der Waals surface area contributed by atoms with Gasteiger partial charge in [-0.2, -0.15) is 0 Å². The Morgan fingerprint density at radius 2 is 2.29 bits per heavy atom. The molecule has 1 N–H and O–H groups in total. The van der Waals surface area contributed by atoms with Crippen LogP contribution >= 0.6 is 0 Å². The summed E-state index contributed by atoms with van der Waals surface area (Å²) >= 11 is 0. The summed E-state index contributed by atoms with van der Waals surface area (Å²) in [4.78, 5) is 11.9. The van der Waals surface area contributed by atoms with Crippen LogP contribution in [0.2, 0.25) is 0 Å². The number of hydrogen-bond donors (Lipinski definition) is 1. The molecule has 2 atom stereocenters. The Morgan fingerprint density at radius 3 is 2.88 bits per heavy atom.